The Morgan fingerprint density at radius 3 is 1.69 bits per heavy atom. The molecule has 0 saturated heterocycles. The van der Waals surface area contributed by atoms with Crippen LogP contribution in [0.3, 0.4) is 0 Å². The van der Waals surface area contributed by atoms with E-state index in [0.717, 1.165) is 0 Å². The summed E-state index contributed by atoms with van der Waals surface area (Å²) < 4.78 is 61.0. The Bertz CT molecular complexity index is 202. The van der Waals surface area contributed by atoms with Crippen molar-refractivity contribution in [1.29, 1.82) is 0 Å². The van der Waals surface area contributed by atoms with Gasteiger partial charge in [-0.25, -0.2) is 8.78 Å². The van der Waals surface area contributed by atoms with Gasteiger partial charge in [0.25, 0.3) is 5.92 Å². The average molecular weight is 224 g/mol. The molecule has 70 valence electrons. The molecular formula is C6H7BF5K. The Kier molecular flexibility index (Phi) is 3.28. The maximum Gasteiger partial charge on any atom is 1.00 e. The minimum Gasteiger partial charge on any atom is -0.449 e. The molecule has 2 rings (SSSR count). The number of alkyl halides is 2. The number of halogens is 5. The summed E-state index contributed by atoms with van der Waals surface area (Å²) in [6.07, 6.45) is -0.692. The Hall–Kier alpha value is 1.35. The number of hydrogen-bond acceptors (Lipinski definition) is 0. The van der Waals surface area contributed by atoms with Gasteiger partial charge >= 0.3 is 58.4 Å². The van der Waals surface area contributed by atoms with E-state index in [2.05, 4.69) is 0 Å². The van der Waals surface area contributed by atoms with Crippen LogP contribution in [-0.2, 0) is 0 Å². The van der Waals surface area contributed by atoms with E-state index in [1.54, 1.807) is 0 Å². The molecule has 0 nitrogen and oxygen atoms in total. The first kappa shape index (κ1) is 12.4. The molecule has 0 bridgehead atoms. The van der Waals surface area contributed by atoms with E-state index in [1.807, 2.05) is 0 Å². The predicted molar refractivity (Wildman–Crippen MR) is 34.0 cm³/mol. The molecule has 2 unspecified atom stereocenters. The monoisotopic (exact) mass is 224 g/mol. The Morgan fingerprint density at radius 2 is 1.38 bits per heavy atom. The van der Waals surface area contributed by atoms with Gasteiger partial charge in [0.1, 0.15) is 0 Å². The number of fused-ring (bicyclic) bond motifs is 1. The van der Waals surface area contributed by atoms with E-state index in [9.17, 15) is 21.7 Å². The van der Waals surface area contributed by atoms with E-state index in [4.69, 9.17) is 0 Å². The maximum atomic E-state index is 12.4. The molecule has 0 spiro atoms. The molecule has 0 heterocycles. The van der Waals surface area contributed by atoms with Gasteiger partial charge in [-0.3, -0.25) is 0 Å². The Morgan fingerprint density at radius 1 is 1.00 bits per heavy atom. The van der Waals surface area contributed by atoms with Gasteiger partial charge in [-0.15, -0.1) is 0 Å². The zero-order valence-corrected chi connectivity index (χ0v) is 10.2. The summed E-state index contributed by atoms with van der Waals surface area (Å²) in [6.45, 7) is -4.88. The molecule has 0 aliphatic heterocycles. The standard InChI is InChI=1S/C6H7BF5.K/c8-6(9)4-1-3(2-5(4)6)7(10,11)12;/h3-5H,1-2H2;/q-1;+1. The van der Waals surface area contributed by atoms with Gasteiger partial charge in [-0.1, -0.05) is 18.7 Å². The van der Waals surface area contributed by atoms with Crippen molar-refractivity contribution in [3.05, 3.63) is 0 Å². The van der Waals surface area contributed by atoms with Crippen LogP contribution >= 0.6 is 0 Å². The van der Waals surface area contributed by atoms with Crippen LogP contribution in [0, 0.1) is 11.8 Å². The molecule has 0 aromatic rings. The van der Waals surface area contributed by atoms with Gasteiger partial charge in [-0.2, -0.15) is 0 Å². The molecule has 2 aliphatic carbocycles. The molecule has 0 N–H and O–H groups in total. The van der Waals surface area contributed by atoms with Crippen molar-refractivity contribution in [2.75, 3.05) is 0 Å². The first-order chi connectivity index (χ1) is 5.33. The first-order valence-corrected chi connectivity index (χ1v) is 3.91. The summed E-state index contributed by atoms with van der Waals surface area (Å²) in [7, 11) is 0. The van der Waals surface area contributed by atoms with Gasteiger partial charge in [0.15, 0.2) is 0 Å². The molecule has 0 aromatic heterocycles. The maximum absolute atomic E-state index is 12.4. The summed E-state index contributed by atoms with van der Waals surface area (Å²) in [5.41, 5.74) is 0. The molecule has 2 aliphatic rings. The van der Waals surface area contributed by atoms with Crippen molar-refractivity contribution < 1.29 is 73.1 Å². The summed E-state index contributed by atoms with van der Waals surface area (Å²) in [6, 6.07) is 0. The van der Waals surface area contributed by atoms with Gasteiger partial charge in [0.05, 0.1) is 0 Å². The second-order valence-corrected chi connectivity index (χ2v) is 3.74. The van der Waals surface area contributed by atoms with Crippen molar-refractivity contribution in [2.24, 2.45) is 11.8 Å². The van der Waals surface area contributed by atoms with Gasteiger partial charge in [-0.05, 0) is 0 Å². The van der Waals surface area contributed by atoms with Crippen LogP contribution in [0.15, 0.2) is 0 Å². The van der Waals surface area contributed by atoms with Gasteiger partial charge < -0.3 is 12.9 Å². The second kappa shape index (κ2) is 3.43. The van der Waals surface area contributed by atoms with Crippen LogP contribution < -0.4 is 51.4 Å². The van der Waals surface area contributed by atoms with Gasteiger partial charge in [0, 0.05) is 11.8 Å². The summed E-state index contributed by atoms with van der Waals surface area (Å²) in [5.74, 6) is -6.13. The van der Waals surface area contributed by atoms with Crippen molar-refractivity contribution in [1.82, 2.24) is 0 Å². The SMILES string of the molecule is F[B-](F)(F)C1CC2C(C1)C2(F)F.[K+]. The normalized spacial score (nSPS) is 40.8. The molecule has 2 saturated carbocycles. The molecule has 0 aromatic carbocycles. The molecule has 2 atom stereocenters. The topological polar surface area (TPSA) is 0 Å². The molecular weight excluding hydrogens is 217 g/mol. The number of rotatable bonds is 1. The van der Waals surface area contributed by atoms with E-state index in [-0.39, 0.29) is 64.2 Å². The van der Waals surface area contributed by atoms with Crippen LogP contribution in [0.2, 0.25) is 5.82 Å². The van der Waals surface area contributed by atoms with Crippen LogP contribution in [0.4, 0.5) is 21.7 Å². The zero-order valence-electron chi connectivity index (χ0n) is 7.11. The fourth-order valence-electron chi connectivity index (χ4n) is 2.16. The summed E-state index contributed by atoms with van der Waals surface area (Å²) >= 11 is 0. The fraction of sp³-hybridized carbons (Fsp3) is 1.00. The van der Waals surface area contributed by atoms with Crippen LogP contribution in [-0.4, -0.2) is 12.9 Å². The van der Waals surface area contributed by atoms with Crippen molar-refractivity contribution in [2.45, 2.75) is 24.6 Å². The molecule has 2 fully saturated rings. The van der Waals surface area contributed by atoms with E-state index < -0.39 is 30.6 Å². The predicted octanol–water partition coefficient (Wildman–Crippen LogP) is -0.117. The minimum absolute atomic E-state index is 0. The second-order valence-electron chi connectivity index (χ2n) is 3.74. The quantitative estimate of drug-likeness (QED) is 0.430. The third kappa shape index (κ3) is 2.00. The van der Waals surface area contributed by atoms with Crippen LogP contribution in [0.1, 0.15) is 12.8 Å². The van der Waals surface area contributed by atoms with Crippen molar-refractivity contribution in [3.8, 4) is 0 Å². The number of hydrogen-bond donors (Lipinski definition) is 0. The third-order valence-corrected chi connectivity index (χ3v) is 3.01. The Labute approximate surface area is 115 Å². The van der Waals surface area contributed by atoms with Crippen molar-refractivity contribution in [3.63, 3.8) is 0 Å². The largest absolute Gasteiger partial charge is 1.00 e. The molecule has 7 heteroatoms. The van der Waals surface area contributed by atoms with Crippen LogP contribution in [0.25, 0.3) is 0 Å². The van der Waals surface area contributed by atoms with Crippen molar-refractivity contribution >= 4 is 6.98 Å². The third-order valence-electron chi connectivity index (χ3n) is 3.01. The summed E-state index contributed by atoms with van der Waals surface area (Å²) in [5, 5.41) is 0. The molecule has 0 radical (unpaired) electrons. The fourth-order valence-corrected chi connectivity index (χ4v) is 2.16. The van der Waals surface area contributed by atoms with Gasteiger partial charge in [0.2, 0.25) is 0 Å². The summed E-state index contributed by atoms with van der Waals surface area (Å²) in [4.78, 5) is 0. The average Bonchev–Trinajstić information content (AvgIpc) is 2.31. The minimum atomic E-state index is -4.88. The molecule has 0 amide bonds. The Balaban J connectivity index is 0.000000845. The molecule has 13 heavy (non-hydrogen) atoms. The van der Waals surface area contributed by atoms with Crippen LogP contribution in [0.5, 0.6) is 0 Å². The van der Waals surface area contributed by atoms with E-state index in [0.29, 0.717) is 0 Å². The van der Waals surface area contributed by atoms with E-state index in [1.165, 1.54) is 0 Å². The smallest absolute Gasteiger partial charge is 0.449 e. The zero-order chi connectivity index (χ0) is 9.15. The first-order valence-electron chi connectivity index (χ1n) is 3.91. The van der Waals surface area contributed by atoms with E-state index >= 15 is 0 Å².